The van der Waals surface area contributed by atoms with Gasteiger partial charge < -0.3 is 10.1 Å². The maximum Gasteiger partial charge on any atom is 0.255 e. The van der Waals surface area contributed by atoms with Crippen molar-refractivity contribution < 1.29 is 13.9 Å². The lowest BCUT2D eigenvalue weighted by Crippen LogP contribution is -2.23. The van der Waals surface area contributed by atoms with Crippen molar-refractivity contribution in [1.82, 2.24) is 20.5 Å². The number of pyridine rings is 1. The number of ether oxygens (including phenoxy) is 1. The number of hydrogen-bond acceptors (Lipinski definition) is 4. The van der Waals surface area contributed by atoms with Gasteiger partial charge in [0.05, 0.1) is 17.5 Å². The number of carbonyl (C=O) groups excluding carboxylic acids is 1. The molecule has 2 aromatic carbocycles. The Morgan fingerprint density at radius 2 is 1.97 bits per heavy atom. The predicted octanol–water partition coefficient (Wildman–Crippen LogP) is 4.99. The summed E-state index contributed by atoms with van der Waals surface area (Å²) >= 11 is 5.93. The zero-order chi connectivity index (χ0) is 20.9. The van der Waals surface area contributed by atoms with Crippen LogP contribution >= 0.6 is 11.6 Å². The minimum Gasteiger partial charge on any atom is -0.439 e. The molecule has 2 heterocycles. The van der Waals surface area contributed by atoms with Gasteiger partial charge in [-0.25, -0.2) is 9.37 Å². The van der Waals surface area contributed by atoms with Gasteiger partial charge in [0, 0.05) is 35.0 Å². The van der Waals surface area contributed by atoms with Gasteiger partial charge in [0.1, 0.15) is 11.6 Å². The van der Waals surface area contributed by atoms with E-state index in [0.29, 0.717) is 27.6 Å². The van der Waals surface area contributed by atoms with Crippen molar-refractivity contribution in [3.05, 3.63) is 95.0 Å². The van der Waals surface area contributed by atoms with Gasteiger partial charge >= 0.3 is 0 Å². The SMILES string of the molecule is O=C(NCc1cccnc1Oc1cccc(F)c1)c1cn[nH]c1-c1ccc(Cl)cc1. The number of H-pyrrole nitrogens is 1. The molecule has 30 heavy (non-hydrogen) atoms. The molecule has 0 atom stereocenters. The number of aromatic nitrogens is 3. The Balaban J connectivity index is 1.49. The van der Waals surface area contributed by atoms with Crippen molar-refractivity contribution in [3.8, 4) is 22.9 Å². The number of amides is 1. The molecule has 150 valence electrons. The molecule has 0 aliphatic rings. The van der Waals surface area contributed by atoms with Gasteiger partial charge in [0.25, 0.3) is 5.91 Å². The smallest absolute Gasteiger partial charge is 0.255 e. The molecule has 0 saturated heterocycles. The van der Waals surface area contributed by atoms with E-state index in [4.69, 9.17) is 16.3 Å². The Labute approximate surface area is 176 Å². The molecule has 0 bridgehead atoms. The van der Waals surface area contributed by atoms with E-state index < -0.39 is 5.82 Å². The molecule has 0 radical (unpaired) electrons. The van der Waals surface area contributed by atoms with Crippen molar-refractivity contribution in [2.24, 2.45) is 0 Å². The van der Waals surface area contributed by atoms with Crippen LogP contribution in [0.5, 0.6) is 11.6 Å². The second-order valence-corrected chi connectivity index (χ2v) is 6.81. The zero-order valence-corrected chi connectivity index (χ0v) is 16.4. The lowest BCUT2D eigenvalue weighted by molar-refractivity contribution is 0.0951. The Bertz CT molecular complexity index is 1180. The summed E-state index contributed by atoms with van der Waals surface area (Å²) in [5.41, 5.74) is 2.42. The van der Waals surface area contributed by atoms with E-state index in [0.717, 1.165) is 5.56 Å². The van der Waals surface area contributed by atoms with Crippen LogP contribution in [-0.2, 0) is 6.54 Å². The number of benzene rings is 2. The van der Waals surface area contributed by atoms with Crippen LogP contribution in [0, 0.1) is 5.82 Å². The summed E-state index contributed by atoms with van der Waals surface area (Å²) in [4.78, 5) is 16.9. The zero-order valence-electron chi connectivity index (χ0n) is 15.6. The highest BCUT2D eigenvalue weighted by Crippen LogP contribution is 2.25. The van der Waals surface area contributed by atoms with Crippen LogP contribution in [0.15, 0.2) is 73.1 Å². The fraction of sp³-hybridized carbons (Fsp3) is 0.0455. The van der Waals surface area contributed by atoms with E-state index in [1.807, 2.05) is 0 Å². The van der Waals surface area contributed by atoms with Crippen molar-refractivity contribution in [1.29, 1.82) is 0 Å². The molecule has 4 aromatic rings. The lowest BCUT2D eigenvalue weighted by atomic mass is 10.1. The first-order valence-electron chi connectivity index (χ1n) is 9.05. The van der Waals surface area contributed by atoms with E-state index in [9.17, 15) is 9.18 Å². The van der Waals surface area contributed by atoms with Crippen LogP contribution in [0.25, 0.3) is 11.3 Å². The van der Waals surface area contributed by atoms with Crippen LogP contribution in [0.2, 0.25) is 5.02 Å². The molecule has 0 aliphatic carbocycles. The van der Waals surface area contributed by atoms with Crippen molar-refractivity contribution in [3.63, 3.8) is 0 Å². The van der Waals surface area contributed by atoms with Crippen LogP contribution in [0.4, 0.5) is 4.39 Å². The minimum atomic E-state index is -0.409. The van der Waals surface area contributed by atoms with Crippen LogP contribution < -0.4 is 10.1 Å². The number of hydrogen-bond donors (Lipinski definition) is 2. The molecule has 0 fully saturated rings. The summed E-state index contributed by atoms with van der Waals surface area (Å²) in [6, 6.07) is 16.4. The molecule has 0 aliphatic heterocycles. The van der Waals surface area contributed by atoms with Gasteiger partial charge in [-0.05, 0) is 30.3 Å². The Kier molecular flexibility index (Phi) is 5.72. The van der Waals surface area contributed by atoms with Gasteiger partial charge in [-0.3, -0.25) is 9.89 Å². The minimum absolute atomic E-state index is 0.169. The summed E-state index contributed by atoms with van der Waals surface area (Å²) in [7, 11) is 0. The molecule has 0 unspecified atom stereocenters. The van der Waals surface area contributed by atoms with Gasteiger partial charge in [0.15, 0.2) is 0 Å². The van der Waals surface area contributed by atoms with Crippen molar-refractivity contribution >= 4 is 17.5 Å². The Morgan fingerprint density at radius 3 is 2.77 bits per heavy atom. The Morgan fingerprint density at radius 1 is 1.13 bits per heavy atom. The molecule has 2 aromatic heterocycles. The highest BCUT2D eigenvalue weighted by Gasteiger charge is 2.16. The number of rotatable bonds is 6. The largest absolute Gasteiger partial charge is 0.439 e. The summed E-state index contributed by atoms with van der Waals surface area (Å²) in [6.07, 6.45) is 3.03. The van der Waals surface area contributed by atoms with E-state index in [1.54, 1.807) is 54.7 Å². The van der Waals surface area contributed by atoms with Gasteiger partial charge in [-0.1, -0.05) is 35.9 Å². The molecule has 2 N–H and O–H groups in total. The molecular formula is C22H16ClFN4O2. The molecular weight excluding hydrogens is 407 g/mol. The predicted molar refractivity (Wildman–Crippen MR) is 111 cm³/mol. The quantitative estimate of drug-likeness (QED) is 0.459. The fourth-order valence-corrected chi connectivity index (χ4v) is 2.98. The van der Waals surface area contributed by atoms with E-state index in [2.05, 4.69) is 20.5 Å². The molecule has 1 amide bonds. The van der Waals surface area contributed by atoms with Crippen molar-refractivity contribution in [2.45, 2.75) is 6.54 Å². The van der Waals surface area contributed by atoms with Crippen molar-refractivity contribution in [2.75, 3.05) is 0 Å². The molecule has 0 saturated carbocycles. The topological polar surface area (TPSA) is 79.9 Å². The first-order chi connectivity index (χ1) is 14.6. The number of aromatic amines is 1. The number of nitrogens with one attached hydrogen (secondary N) is 2. The number of nitrogens with zero attached hydrogens (tertiary/aromatic N) is 2. The van der Waals surface area contributed by atoms with Gasteiger partial charge in [0.2, 0.25) is 5.88 Å². The first-order valence-corrected chi connectivity index (χ1v) is 9.43. The Hall–Kier alpha value is -3.71. The second-order valence-electron chi connectivity index (χ2n) is 6.38. The van der Waals surface area contributed by atoms with E-state index in [1.165, 1.54) is 18.3 Å². The van der Waals surface area contributed by atoms with E-state index >= 15 is 0 Å². The third-order valence-electron chi connectivity index (χ3n) is 4.32. The van der Waals surface area contributed by atoms with Gasteiger partial charge in [-0.2, -0.15) is 5.10 Å². The first kappa shape index (κ1) is 19.6. The van der Waals surface area contributed by atoms with E-state index in [-0.39, 0.29) is 18.3 Å². The van der Waals surface area contributed by atoms with Crippen LogP contribution in [0.1, 0.15) is 15.9 Å². The maximum atomic E-state index is 13.4. The number of carbonyl (C=O) groups is 1. The third kappa shape index (κ3) is 4.47. The molecule has 4 rings (SSSR count). The van der Waals surface area contributed by atoms with Crippen LogP contribution in [0.3, 0.4) is 0 Å². The summed E-state index contributed by atoms with van der Waals surface area (Å²) < 4.78 is 19.1. The highest BCUT2D eigenvalue weighted by atomic mass is 35.5. The highest BCUT2D eigenvalue weighted by molar-refractivity contribution is 6.30. The fourth-order valence-electron chi connectivity index (χ4n) is 2.86. The number of halogens is 2. The second kappa shape index (κ2) is 8.75. The molecule has 0 spiro atoms. The normalized spacial score (nSPS) is 10.6. The monoisotopic (exact) mass is 422 g/mol. The third-order valence-corrected chi connectivity index (χ3v) is 4.57. The summed E-state index contributed by atoms with van der Waals surface area (Å²) in [6.45, 7) is 0.169. The maximum absolute atomic E-state index is 13.4. The van der Waals surface area contributed by atoms with Crippen LogP contribution in [-0.4, -0.2) is 21.1 Å². The standard InChI is InChI=1S/C22H16ClFN4O2/c23-16-8-6-14(7-9-16)20-19(13-27-28-20)21(29)26-12-15-3-2-10-25-22(15)30-18-5-1-4-17(24)11-18/h1-11,13H,12H2,(H,26,29)(H,27,28). The van der Waals surface area contributed by atoms with Gasteiger partial charge in [-0.15, -0.1) is 0 Å². The summed E-state index contributed by atoms with van der Waals surface area (Å²) in [5, 5.41) is 10.3. The average molecular weight is 423 g/mol. The molecule has 6 nitrogen and oxygen atoms in total. The summed E-state index contributed by atoms with van der Waals surface area (Å²) in [5.74, 6) is -0.114. The lowest BCUT2D eigenvalue weighted by Gasteiger charge is -2.11. The average Bonchev–Trinajstić information content (AvgIpc) is 3.23. The molecule has 8 heteroatoms.